The number of sulfonamides is 1. The van der Waals surface area contributed by atoms with Crippen LogP contribution in [0.3, 0.4) is 0 Å². The number of nitrogens with one attached hydrogen (secondary N) is 2. The number of aryl methyl sites for hydroxylation is 1. The highest BCUT2D eigenvalue weighted by Crippen LogP contribution is 2.39. The Morgan fingerprint density at radius 1 is 1.22 bits per heavy atom. The minimum Gasteiger partial charge on any atom is -0.345 e. The van der Waals surface area contributed by atoms with Crippen molar-refractivity contribution in [2.45, 2.75) is 68.8 Å². The fourth-order valence-electron chi connectivity index (χ4n) is 3.73. The first kappa shape index (κ1) is 22.1. The second-order valence-electron chi connectivity index (χ2n) is 7.93. The molecule has 2 fully saturated rings. The van der Waals surface area contributed by atoms with Crippen LogP contribution in [-0.4, -0.2) is 32.5 Å². The monoisotopic (exact) mass is 415 g/mol. The maximum atomic E-state index is 12.8. The first-order chi connectivity index (χ1) is 12.2. The number of benzene rings is 1. The Kier molecular flexibility index (Phi) is 6.95. The zero-order chi connectivity index (χ0) is 18.9. The zero-order valence-electron chi connectivity index (χ0n) is 16.0. The summed E-state index contributed by atoms with van der Waals surface area (Å²) < 4.78 is 28.3. The van der Waals surface area contributed by atoms with Crippen molar-refractivity contribution in [3.05, 3.63) is 29.3 Å². The van der Waals surface area contributed by atoms with Crippen LogP contribution in [0.15, 0.2) is 23.1 Å². The maximum Gasteiger partial charge on any atom is 0.251 e. The number of rotatable bonds is 7. The van der Waals surface area contributed by atoms with Crippen molar-refractivity contribution in [3.8, 4) is 0 Å². The van der Waals surface area contributed by atoms with E-state index >= 15 is 0 Å². The third kappa shape index (κ3) is 5.02. The Balaban J connectivity index is 0.00000261. The lowest BCUT2D eigenvalue weighted by molar-refractivity contribution is 0.0897. The van der Waals surface area contributed by atoms with Gasteiger partial charge in [0.1, 0.15) is 0 Å². The second kappa shape index (κ2) is 8.47. The summed E-state index contributed by atoms with van der Waals surface area (Å²) in [6.45, 7) is 4.07. The number of amides is 1. The minimum atomic E-state index is -3.64. The largest absolute Gasteiger partial charge is 0.345 e. The molecule has 0 aromatic heterocycles. The van der Waals surface area contributed by atoms with Gasteiger partial charge in [-0.3, -0.25) is 4.79 Å². The molecule has 0 radical (unpaired) electrons. The van der Waals surface area contributed by atoms with Gasteiger partial charge in [-0.2, -0.15) is 0 Å². The van der Waals surface area contributed by atoms with Crippen LogP contribution in [0.4, 0.5) is 0 Å². The summed E-state index contributed by atoms with van der Waals surface area (Å²) in [6, 6.07) is 4.83. The molecule has 0 saturated heterocycles. The third-order valence-corrected chi connectivity index (χ3v) is 7.38. The van der Waals surface area contributed by atoms with Gasteiger partial charge in [-0.25, -0.2) is 13.1 Å². The summed E-state index contributed by atoms with van der Waals surface area (Å²) in [6.07, 6.45) is 5.96. The second-order valence-corrected chi connectivity index (χ2v) is 9.62. The van der Waals surface area contributed by atoms with Gasteiger partial charge < -0.3 is 11.1 Å². The molecule has 2 aliphatic carbocycles. The van der Waals surface area contributed by atoms with Crippen LogP contribution in [-0.2, 0) is 10.0 Å². The summed E-state index contributed by atoms with van der Waals surface area (Å²) in [5, 5.41) is 3.01. The summed E-state index contributed by atoms with van der Waals surface area (Å²) in [4.78, 5) is 12.9. The fourth-order valence-corrected chi connectivity index (χ4v) is 5.30. The number of hydrogen-bond donors (Lipinski definition) is 3. The van der Waals surface area contributed by atoms with E-state index in [1.165, 1.54) is 6.07 Å². The molecule has 8 heteroatoms. The van der Waals surface area contributed by atoms with Crippen LogP contribution >= 0.6 is 12.4 Å². The van der Waals surface area contributed by atoms with Crippen LogP contribution in [0.2, 0.25) is 0 Å². The van der Waals surface area contributed by atoms with Gasteiger partial charge in [-0.15, -0.1) is 12.4 Å². The Bertz CT molecular complexity index is 789. The number of halogens is 1. The normalized spacial score (nSPS) is 20.0. The standard InChI is InChI=1S/C19H29N3O3S.ClH/c1-13-7-8-14(18(23)21-19(2,12-20)15-9-10-15)11-17(13)26(24,25)22-16-5-3-4-6-16;/h7-8,11,15-16,22H,3-6,9-10,12,20H2,1-2H3,(H,21,23);1H. The van der Waals surface area contributed by atoms with Gasteiger partial charge in [0, 0.05) is 18.2 Å². The van der Waals surface area contributed by atoms with Gasteiger partial charge >= 0.3 is 0 Å². The lowest BCUT2D eigenvalue weighted by Gasteiger charge is -2.29. The number of carbonyl (C=O) groups is 1. The lowest BCUT2D eigenvalue weighted by Crippen LogP contribution is -2.53. The van der Waals surface area contributed by atoms with E-state index in [-0.39, 0.29) is 29.3 Å². The maximum absolute atomic E-state index is 12.8. The molecule has 4 N–H and O–H groups in total. The van der Waals surface area contributed by atoms with Crippen molar-refractivity contribution in [2.24, 2.45) is 11.7 Å². The van der Waals surface area contributed by atoms with E-state index in [2.05, 4.69) is 10.0 Å². The molecule has 1 aromatic carbocycles. The highest BCUT2D eigenvalue weighted by molar-refractivity contribution is 7.89. The third-order valence-electron chi connectivity index (χ3n) is 5.72. The fraction of sp³-hybridized carbons (Fsp3) is 0.632. The van der Waals surface area contributed by atoms with Crippen molar-refractivity contribution < 1.29 is 13.2 Å². The summed E-state index contributed by atoms with van der Waals surface area (Å²) in [7, 11) is -3.64. The summed E-state index contributed by atoms with van der Waals surface area (Å²) >= 11 is 0. The molecule has 2 saturated carbocycles. The summed E-state index contributed by atoms with van der Waals surface area (Å²) in [5.74, 6) is 0.122. The molecule has 0 spiro atoms. The molecule has 2 aliphatic rings. The van der Waals surface area contributed by atoms with Gasteiger partial charge in [-0.05, 0) is 63.1 Å². The van der Waals surface area contributed by atoms with Gasteiger partial charge in [0.05, 0.1) is 10.4 Å². The van der Waals surface area contributed by atoms with E-state index in [4.69, 9.17) is 5.73 Å². The quantitative estimate of drug-likeness (QED) is 0.636. The van der Waals surface area contributed by atoms with E-state index in [1.807, 2.05) is 6.92 Å². The number of nitrogens with two attached hydrogens (primary N) is 1. The molecule has 0 heterocycles. The Morgan fingerprint density at radius 3 is 2.41 bits per heavy atom. The van der Waals surface area contributed by atoms with Gasteiger partial charge in [0.15, 0.2) is 0 Å². The smallest absolute Gasteiger partial charge is 0.251 e. The SMILES string of the molecule is Cc1ccc(C(=O)NC(C)(CN)C2CC2)cc1S(=O)(=O)NC1CCCC1.Cl. The molecule has 152 valence electrons. The Labute approximate surface area is 168 Å². The Hall–Kier alpha value is -1.15. The first-order valence-electron chi connectivity index (χ1n) is 9.41. The molecule has 3 rings (SSSR count). The van der Waals surface area contributed by atoms with Gasteiger partial charge in [-0.1, -0.05) is 18.9 Å². The van der Waals surface area contributed by atoms with Crippen molar-refractivity contribution in [2.75, 3.05) is 6.54 Å². The van der Waals surface area contributed by atoms with Crippen LogP contribution < -0.4 is 15.8 Å². The Morgan fingerprint density at radius 2 is 1.85 bits per heavy atom. The van der Waals surface area contributed by atoms with E-state index in [9.17, 15) is 13.2 Å². The zero-order valence-corrected chi connectivity index (χ0v) is 17.6. The van der Waals surface area contributed by atoms with Crippen molar-refractivity contribution in [3.63, 3.8) is 0 Å². The summed E-state index contributed by atoms with van der Waals surface area (Å²) in [5.41, 5.74) is 6.41. The van der Waals surface area contributed by atoms with Crippen molar-refractivity contribution in [1.29, 1.82) is 0 Å². The molecule has 1 amide bonds. The van der Waals surface area contributed by atoms with Gasteiger partial charge in [0.25, 0.3) is 5.91 Å². The van der Waals surface area contributed by atoms with E-state index in [0.717, 1.165) is 38.5 Å². The molecule has 0 bridgehead atoms. The molecule has 27 heavy (non-hydrogen) atoms. The first-order valence-corrected chi connectivity index (χ1v) is 10.9. The topological polar surface area (TPSA) is 101 Å². The van der Waals surface area contributed by atoms with Crippen molar-refractivity contribution >= 4 is 28.3 Å². The number of carbonyl (C=O) groups excluding carboxylic acids is 1. The van der Waals surface area contributed by atoms with Crippen LogP contribution in [0.5, 0.6) is 0 Å². The molecule has 1 unspecified atom stereocenters. The lowest BCUT2D eigenvalue weighted by atomic mass is 9.95. The molecule has 1 aromatic rings. The average molecular weight is 416 g/mol. The molecular weight excluding hydrogens is 386 g/mol. The average Bonchev–Trinajstić information content (AvgIpc) is 3.34. The molecule has 6 nitrogen and oxygen atoms in total. The van der Waals surface area contributed by atoms with Gasteiger partial charge in [0.2, 0.25) is 10.0 Å². The van der Waals surface area contributed by atoms with Crippen LogP contribution in [0, 0.1) is 12.8 Å². The molecular formula is C19H30ClN3O3S. The molecule has 0 aliphatic heterocycles. The highest BCUT2D eigenvalue weighted by Gasteiger charge is 2.41. The number of hydrogen-bond acceptors (Lipinski definition) is 4. The molecule has 1 atom stereocenters. The minimum absolute atomic E-state index is 0. The van der Waals surface area contributed by atoms with Crippen LogP contribution in [0.1, 0.15) is 61.4 Å². The van der Waals surface area contributed by atoms with Crippen LogP contribution in [0.25, 0.3) is 0 Å². The van der Waals surface area contributed by atoms with E-state index < -0.39 is 15.6 Å². The van der Waals surface area contributed by atoms with E-state index in [0.29, 0.717) is 23.6 Å². The van der Waals surface area contributed by atoms with E-state index in [1.54, 1.807) is 19.1 Å². The predicted molar refractivity (Wildman–Crippen MR) is 109 cm³/mol. The highest BCUT2D eigenvalue weighted by atomic mass is 35.5. The predicted octanol–water partition coefficient (Wildman–Crippen LogP) is 2.49. The van der Waals surface area contributed by atoms with Crippen molar-refractivity contribution in [1.82, 2.24) is 10.0 Å².